The van der Waals surface area contributed by atoms with Gasteiger partial charge in [-0.05, 0) is 18.3 Å². The van der Waals surface area contributed by atoms with Crippen molar-refractivity contribution >= 4 is 23.5 Å². The summed E-state index contributed by atoms with van der Waals surface area (Å²) in [6.07, 6.45) is 6.13. The predicted octanol–water partition coefficient (Wildman–Crippen LogP) is 1.95. The average Bonchev–Trinajstić information content (AvgIpc) is 3.17. The molecule has 0 aliphatic heterocycles. The van der Waals surface area contributed by atoms with Crippen LogP contribution in [0.25, 0.3) is 0 Å². The summed E-state index contributed by atoms with van der Waals surface area (Å²) in [5.74, 6) is 1.53. The van der Waals surface area contributed by atoms with Crippen LogP contribution in [0.15, 0.2) is 17.4 Å². The van der Waals surface area contributed by atoms with Crippen LogP contribution in [0, 0.1) is 5.41 Å². The van der Waals surface area contributed by atoms with E-state index in [9.17, 15) is 4.79 Å². The summed E-state index contributed by atoms with van der Waals surface area (Å²) in [7, 11) is 3.26. The van der Waals surface area contributed by atoms with Gasteiger partial charge in [0, 0.05) is 12.8 Å². The molecule has 0 atom stereocenters. The first-order valence-corrected chi connectivity index (χ1v) is 6.85. The number of esters is 1. The smallest absolute Gasteiger partial charge is 0.306 e. The number of anilines is 1. The van der Waals surface area contributed by atoms with Gasteiger partial charge in [-0.2, -0.15) is 0 Å². The van der Waals surface area contributed by atoms with Crippen LogP contribution in [0.2, 0.25) is 0 Å². The fourth-order valence-electron chi connectivity index (χ4n) is 1.69. The first kappa shape index (κ1) is 13.1. The third kappa shape index (κ3) is 3.35. The number of nitrogens with zero attached hydrogens (tertiary/aromatic N) is 2. The Balaban J connectivity index is 1.89. The van der Waals surface area contributed by atoms with Gasteiger partial charge in [-0.25, -0.2) is 4.98 Å². The number of ether oxygens (including phenoxy) is 1. The van der Waals surface area contributed by atoms with Crippen LogP contribution in [-0.4, -0.2) is 35.8 Å². The highest BCUT2D eigenvalue weighted by atomic mass is 32.2. The Hall–Kier alpha value is -1.30. The largest absolute Gasteiger partial charge is 0.469 e. The molecule has 1 heterocycles. The number of hydrogen-bond acceptors (Lipinski definition) is 6. The molecule has 1 aliphatic carbocycles. The summed E-state index contributed by atoms with van der Waals surface area (Å²) < 4.78 is 4.73. The van der Waals surface area contributed by atoms with E-state index < -0.39 is 0 Å². The van der Waals surface area contributed by atoms with Crippen LogP contribution >= 0.6 is 11.8 Å². The van der Waals surface area contributed by atoms with E-state index in [1.54, 1.807) is 24.2 Å². The van der Waals surface area contributed by atoms with E-state index >= 15 is 0 Å². The van der Waals surface area contributed by atoms with Crippen molar-refractivity contribution in [3.8, 4) is 0 Å². The second-order valence-electron chi connectivity index (χ2n) is 4.53. The van der Waals surface area contributed by atoms with Gasteiger partial charge in [0.25, 0.3) is 0 Å². The van der Waals surface area contributed by atoms with E-state index in [-0.39, 0.29) is 11.4 Å². The number of nitrogens with one attached hydrogen (secondary N) is 1. The number of hydrogen-bond donors (Lipinski definition) is 1. The molecule has 1 fully saturated rings. The van der Waals surface area contributed by atoms with Crippen LogP contribution in [-0.2, 0) is 9.53 Å². The monoisotopic (exact) mass is 267 g/mol. The third-order valence-electron chi connectivity index (χ3n) is 3.10. The second-order valence-corrected chi connectivity index (χ2v) is 5.53. The van der Waals surface area contributed by atoms with E-state index in [1.807, 2.05) is 7.05 Å². The Labute approximate surface area is 111 Å². The van der Waals surface area contributed by atoms with Gasteiger partial charge in [0.15, 0.2) is 0 Å². The molecule has 0 bridgehead atoms. The lowest BCUT2D eigenvalue weighted by atomic mass is 10.1. The molecule has 0 radical (unpaired) electrons. The molecule has 1 saturated carbocycles. The van der Waals surface area contributed by atoms with Crippen LogP contribution in [0.1, 0.15) is 19.3 Å². The Morgan fingerprint density at radius 1 is 1.56 bits per heavy atom. The van der Waals surface area contributed by atoms with Gasteiger partial charge in [0.05, 0.1) is 25.9 Å². The molecular formula is C12H17N3O2S. The van der Waals surface area contributed by atoms with E-state index in [2.05, 4.69) is 15.3 Å². The normalized spacial score (nSPS) is 16.1. The van der Waals surface area contributed by atoms with Gasteiger partial charge in [-0.15, -0.1) is 11.8 Å². The lowest BCUT2D eigenvalue weighted by Gasteiger charge is -2.12. The first-order chi connectivity index (χ1) is 8.67. The molecule has 0 saturated heterocycles. The Morgan fingerprint density at radius 2 is 2.33 bits per heavy atom. The van der Waals surface area contributed by atoms with Crippen molar-refractivity contribution in [1.29, 1.82) is 0 Å². The predicted molar refractivity (Wildman–Crippen MR) is 70.6 cm³/mol. The van der Waals surface area contributed by atoms with Crippen LogP contribution in [0.4, 0.5) is 5.82 Å². The summed E-state index contributed by atoms with van der Waals surface area (Å²) in [6.45, 7) is 0. The van der Waals surface area contributed by atoms with E-state index in [0.717, 1.165) is 29.4 Å². The first-order valence-electron chi connectivity index (χ1n) is 5.87. The number of carbonyl (C=O) groups is 1. The lowest BCUT2D eigenvalue weighted by Crippen LogP contribution is -2.13. The van der Waals surface area contributed by atoms with Gasteiger partial charge >= 0.3 is 5.97 Å². The summed E-state index contributed by atoms with van der Waals surface area (Å²) in [6, 6.07) is 0. The summed E-state index contributed by atoms with van der Waals surface area (Å²) in [5.41, 5.74) is 0.120. The highest BCUT2D eigenvalue weighted by Crippen LogP contribution is 2.51. The number of rotatable bonds is 6. The molecule has 6 heteroatoms. The molecule has 0 unspecified atom stereocenters. The van der Waals surface area contributed by atoms with Crippen molar-refractivity contribution in [2.45, 2.75) is 24.3 Å². The molecule has 1 aromatic rings. The van der Waals surface area contributed by atoms with Crippen LogP contribution in [0.5, 0.6) is 0 Å². The molecule has 0 amide bonds. The van der Waals surface area contributed by atoms with Crippen molar-refractivity contribution in [3.05, 3.63) is 12.4 Å². The minimum absolute atomic E-state index is 0.120. The van der Waals surface area contributed by atoms with Crippen molar-refractivity contribution in [3.63, 3.8) is 0 Å². The minimum Gasteiger partial charge on any atom is -0.469 e. The van der Waals surface area contributed by atoms with Crippen molar-refractivity contribution in [2.24, 2.45) is 5.41 Å². The van der Waals surface area contributed by atoms with Gasteiger partial charge in [-0.3, -0.25) is 9.78 Å². The van der Waals surface area contributed by atoms with Crippen molar-refractivity contribution in [2.75, 3.05) is 25.2 Å². The van der Waals surface area contributed by atoms with Gasteiger partial charge < -0.3 is 10.1 Å². The maximum atomic E-state index is 11.3. The lowest BCUT2D eigenvalue weighted by molar-refractivity contribution is -0.141. The zero-order valence-corrected chi connectivity index (χ0v) is 11.4. The summed E-state index contributed by atoms with van der Waals surface area (Å²) in [5, 5.41) is 3.85. The Kier molecular flexibility index (Phi) is 4.06. The molecule has 5 nitrogen and oxygen atoms in total. The number of aromatic nitrogens is 2. The Bertz CT molecular complexity index is 435. The molecule has 18 heavy (non-hydrogen) atoms. The zero-order chi connectivity index (χ0) is 13.0. The highest BCUT2D eigenvalue weighted by molar-refractivity contribution is 7.99. The van der Waals surface area contributed by atoms with E-state index in [4.69, 9.17) is 4.74 Å². The number of methoxy groups -OCH3 is 1. The van der Waals surface area contributed by atoms with Crippen molar-refractivity contribution < 1.29 is 9.53 Å². The maximum Gasteiger partial charge on any atom is 0.306 e. The van der Waals surface area contributed by atoms with Gasteiger partial charge in [-0.1, -0.05) is 0 Å². The molecule has 1 aromatic heterocycles. The third-order valence-corrected chi connectivity index (χ3v) is 4.35. The van der Waals surface area contributed by atoms with Crippen molar-refractivity contribution in [1.82, 2.24) is 9.97 Å². The van der Waals surface area contributed by atoms with E-state index in [1.165, 1.54) is 7.11 Å². The van der Waals surface area contributed by atoms with E-state index in [0.29, 0.717) is 6.42 Å². The topological polar surface area (TPSA) is 64.1 Å². The highest BCUT2D eigenvalue weighted by Gasteiger charge is 2.44. The zero-order valence-electron chi connectivity index (χ0n) is 10.6. The number of carbonyl (C=O) groups excluding carboxylic acids is 1. The van der Waals surface area contributed by atoms with Gasteiger partial charge in [0.1, 0.15) is 10.8 Å². The second kappa shape index (κ2) is 5.56. The molecule has 0 spiro atoms. The minimum atomic E-state index is -0.122. The molecule has 1 N–H and O–H groups in total. The number of thioether (sulfide) groups is 1. The van der Waals surface area contributed by atoms with Crippen LogP contribution in [0.3, 0.4) is 0 Å². The molecule has 1 aliphatic rings. The molecular weight excluding hydrogens is 250 g/mol. The average molecular weight is 267 g/mol. The summed E-state index contributed by atoms with van der Waals surface area (Å²) >= 11 is 1.65. The summed E-state index contributed by atoms with van der Waals surface area (Å²) in [4.78, 5) is 19.8. The fourth-order valence-corrected chi connectivity index (χ4v) is 2.84. The molecule has 0 aromatic carbocycles. The molecule has 98 valence electrons. The SMILES string of the molecule is CNc1cncc(SCC2(CC(=O)OC)CC2)n1. The quantitative estimate of drug-likeness (QED) is 0.628. The van der Waals surface area contributed by atoms with Crippen LogP contribution < -0.4 is 5.32 Å². The maximum absolute atomic E-state index is 11.3. The van der Waals surface area contributed by atoms with Gasteiger partial charge in [0.2, 0.25) is 0 Å². The molecule has 2 rings (SSSR count). The fraction of sp³-hybridized carbons (Fsp3) is 0.583. The Morgan fingerprint density at radius 3 is 2.94 bits per heavy atom. The standard InChI is InChI=1S/C12H17N3O2S/c1-13-9-6-14-7-10(15-9)18-8-12(3-4-12)5-11(16)17-2/h6-7H,3-5,8H2,1-2H3,(H,13,15).